The molecular formula is C19H32IN5O2. The van der Waals surface area contributed by atoms with Crippen molar-refractivity contribution < 1.29 is 9.53 Å². The van der Waals surface area contributed by atoms with E-state index in [1.165, 1.54) is 5.69 Å². The van der Waals surface area contributed by atoms with Crippen molar-refractivity contribution in [1.29, 1.82) is 0 Å². The molecule has 0 saturated carbocycles. The van der Waals surface area contributed by atoms with Gasteiger partial charge in [0.25, 0.3) is 0 Å². The van der Waals surface area contributed by atoms with Crippen LogP contribution in [-0.2, 0) is 4.79 Å². The Morgan fingerprint density at radius 3 is 2.33 bits per heavy atom. The van der Waals surface area contributed by atoms with Crippen LogP contribution in [0.1, 0.15) is 13.3 Å². The summed E-state index contributed by atoms with van der Waals surface area (Å²) >= 11 is 0. The predicted octanol–water partition coefficient (Wildman–Crippen LogP) is 1.88. The SMILES string of the molecule is CCNC(=NCCC(=O)N(C)C)N1CCN(c2ccc(OC)cc2)CC1.I. The van der Waals surface area contributed by atoms with E-state index in [1.54, 1.807) is 26.1 Å². The number of halogens is 1. The van der Waals surface area contributed by atoms with Crippen LogP contribution in [0.3, 0.4) is 0 Å². The molecule has 0 atom stereocenters. The molecule has 1 fully saturated rings. The number of carbonyl (C=O) groups excluding carboxylic acids is 1. The third kappa shape index (κ3) is 7.08. The van der Waals surface area contributed by atoms with Gasteiger partial charge < -0.3 is 24.8 Å². The summed E-state index contributed by atoms with van der Waals surface area (Å²) < 4.78 is 5.22. The van der Waals surface area contributed by atoms with E-state index in [1.807, 2.05) is 12.1 Å². The van der Waals surface area contributed by atoms with Gasteiger partial charge in [0.15, 0.2) is 5.96 Å². The minimum atomic E-state index is 0. The maximum absolute atomic E-state index is 11.7. The lowest BCUT2D eigenvalue weighted by Gasteiger charge is -2.37. The quantitative estimate of drug-likeness (QED) is 0.376. The summed E-state index contributed by atoms with van der Waals surface area (Å²) in [5, 5.41) is 3.34. The standard InChI is InChI=1S/C19H31N5O2.HI/c1-5-20-19(21-11-10-18(25)22(2)3)24-14-12-23(13-15-24)16-6-8-17(26-4)9-7-16;/h6-9H,5,10-15H2,1-4H3,(H,20,21);1H. The number of aliphatic imine (C=N–C) groups is 1. The van der Waals surface area contributed by atoms with Crippen molar-refractivity contribution in [3.05, 3.63) is 24.3 Å². The number of guanidine groups is 1. The third-order valence-corrected chi connectivity index (χ3v) is 4.44. The molecule has 152 valence electrons. The molecule has 7 nitrogen and oxygen atoms in total. The highest BCUT2D eigenvalue weighted by atomic mass is 127. The Kier molecular flexibility index (Phi) is 10.3. The largest absolute Gasteiger partial charge is 0.497 e. The van der Waals surface area contributed by atoms with Crippen molar-refractivity contribution in [2.45, 2.75) is 13.3 Å². The van der Waals surface area contributed by atoms with Crippen LogP contribution in [0.5, 0.6) is 5.75 Å². The molecule has 1 saturated heterocycles. The Morgan fingerprint density at radius 1 is 1.19 bits per heavy atom. The number of amides is 1. The highest BCUT2D eigenvalue weighted by Gasteiger charge is 2.20. The zero-order valence-electron chi connectivity index (χ0n) is 16.8. The number of ether oxygens (including phenoxy) is 1. The molecule has 0 aromatic heterocycles. The zero-order valence-corrected chi connectivity index (χ0v) is 19.1. The van der Waals surface area contributed by atoms with Crippen LogP contribution in [0, 0.1) is 0 Å². The summed E-state index contributed by atoms with van der Waals surface area (Å²) in [6, 6.07) is 8.19. The fraction of sp³-hybridized carbons (Fsp3) is 0.579. The van der Waals surface area contributed by atoms with Crippen LogP contribution < -0.4 is 15.0 Å². The normalized spacial score (nSPS) is 14.4. The number of anilines is 1. The van der Waals surface area contributed by atoms with Gasteiger partial charge in [0.2, 0.25) is 5.91 Å². The summed E-state index contributed by atoms with van der Waals surface area (Å²) in [5.41, 5.74) is 1.21. The minimum absolute atomic E-state index is 0. The Balaban J connectivity index is 0.00000364. The van der Waals surface area contributed by atoms with Crippen molar-refractivity contribution in [2.24, 2.45) is 4.99 Å². The molecule has 1 heterocycles. The van der Waals surface area contributed by atoms with Crippen LogP contribution in [0.15, 0.2) is 29.3 Å². The van der Waals surface area contributed by atoms with E-state index in [0.717, 1.165) is 44.4 Å². The molecule has 0 bridgehead atoms. The first-order valence-corrected chi connectivity index (χ1v) is 9.17. The van der Waals surface area contributed by atoms with Gasteiger partial charge in [0, 0.05) is 58.9 Å². The Morgan fingerprint density at radius 2 is 1.81 bits per heavy atom. The van der Waals surface area contributed by atoms with E-state index < -0.39 is 0 Å². The molecule has 0 spiro atoms. The molecule has 1 aliphatic rings. The number of hydrogen-bond acceptors (Lipinski definition) is 4. The van der Waals surface area contributed by atoms with Crippen LogP contribution >= 0.6 is 24.0 Å². The van der Waals surface area contributed by atoms with Crippen molar-refractivity contribution in [2.75, 3.05) is 65.4 Å². The monoisotopic (exact) mass is 489 g/mol. The first-order chi connectivity index (χ1) is 12.5. The average molecular weight is 489 g/mol. The molecule has 1 amide bonds. The average Bonchev–Trinajstić information content (AvgIpc) is 2.67. The highest BCUT2D eigenvalue weighted by molar-refractivity contribution is 14.0. The van der Waals surface area contributed by atoms with Gasteiger partial charge in [-0.1, -0.05) is 0 Å². The smallest absolute Gasteiger partial charge is 0.223 e. The second-order valence-electron chi connectivity index (χ2n) is 6.45. The molecule has 8 heteroatoms. The van der Waals surface area contributed by atoms with Gasteiger partial charge in [0.05, 0.1) is 13.7 Å². The molecule has 0 radical (unpaired) electrons. The van der Waals surface area contributed by atoms with Crippen LogP contribution in [-0.4, -0.2) is 82.1 Å². The van der Waals surface area contributed by atoms with Gasteiger partial charge in [-0.3, -0.25) is 9.79 Å². The summed E-state index contributed by atoms with van der Waals surface area (Å²) in [6.45, 7) is 7.07. The molecule has 0 aliphatic carbocycles. The number of carbonyl (C=O) groups is 1. The number of methoxy groups -OCH3 is 1. The van der Waals surface area contributed by atoms with E-state index >= 15 is 0 Å². The van der Waals surface area contributed by atoms with Crippen LogP contribution in [0.2, 0.25) is 0 Å². The molecule has 1 aromatic carbocycles. The Bertz CT molecular complexity index is 599. The maximum Gasteiger partial charge on any atom is 0.223 e. The summed E-state index contributed by atoms with van der Waals surface area (Å²) in [7, 11) is 5.23. The second kappa shape index (κ2) is 11.9. The van der Waals surface area contributed by atoms with Gasteiger partial charge >= 0.3 is 0 Å². The molecule has 1 aliphatic heterocycles. The van der Waals surface area contributed by atoms with Crippen molar-refractivity contribution in [3.63, 3.8) is 0 Å². The first kappa shape index (κ1) is 23.3. The fourth-order valence-electron chi connectivity index (χ4n) is 2.88. The molecular weight excluding hydrogens is 457 g/mol. The lowest BCUT2D eigenvalue weighted by Crippen LogP contribution is -2.52. The molecule has 27 heavy (non-hydrogen) atoms. The Labute approximate surface area is 179 Å². The maximum atomic E-state index is 11.7. The lowest BCUT2D eigenvalue weighted by atomic mass is 10.2. The number of piperazine rings is 1. The van der Waals surface area contributed by atoms with Crippen molar-refractivity contribution in [3.8, 4) is 5.75 Å². The van der Waals surface area contributed by atoms with Crippen LogP contribution in [0.4, 0.5) is 5.69 Å². The van der Waals surface area contributed by atoms with Crippen molar-refractivity contribution in [1.82, 2.24) is 15.1 Å². The molecule has 1 aromatic rings. The van der Waals surface area contributed by atoms with E-state index in [4.69, 9.17) is 4.74 Å². The number of rotatable bonds is 6. The number of nitrogens with zero attached hydrogens (tertiary/aromatic N) is 4. The number of benzene rings is 1. The number of nitrogens with one attached hydrogen (secondary N) is 1. The lowest BCUT2D eigenvalue weighted by molar-refractivity contribution is -0.128. The van der Waals surface area contributed by atoms with Crippen LogP contribution in [0.25, 0.3) is 0 Å². The number of hydrogen-bond donors (Lipinski definition) is 1. The van der Waals surface area contributed by atoms with Gasteiger partial charge in [-0.05, 0) is 31.2 Å². The van der Waals surface area contributed by atoms with Crippen molar-refractivity contribution >= 4 is 41.5 Å². The topological polar surface area (TPSA) is 60.4 Å². The second-order valence-corrected chi connectivity index (χ2v) is 6.45. The zero-order chi connectivity index (χ0) is 18.9. The highest BCUT2D eigenvalue weighted by Crippen LogP contribution is 2.20. The molecule has 1 N–H and O–H groups in total. The minimum Gasteiger partial charge on any atom is -0.497 e. The van der Waals surface area contributed by atoms with Gasteiger partial charge in [-0.2, -0.15) is 0 Å². The third-order valence-electron chi connectivity index (χ3n) is 4.44. The predicted molar refractivity (Wildman–Crippen MR) is 121 cm³/mol. The van der Waals surface area contributed by atoms with E-state index in [0.29, 0.717) is 13.0 Å². The summed E-state index contributed by atoms with van der Waals surface area (Å²) in [5.74, 6) is 1.88. The van der Waals surface area contributed by atoms with Gasteiger partial charge in [0.1, 0.15) is 5.75 Å². The Hall–Kier alpha value is -1.71. The summed E-state index contributed by atoms with van der Waals surface area (Å²) in [6.07, 6.45) is 0.438. The van der Waals surface area contributed by atoms with Gasteiger partial charge in [-0.25, -0.2) is 0 Å². The van der Waals surface area contributed by atoms with E-state index in [9.17, 15) is 4.79 Å². The van der Waals surface area contributed by atoms with E-state index in [-0.39, 0.29) is 29.9 Å². The fourth-order valence-corrected chi connectivity index (χ4v) is 2.88. The molecule has 0 unspecified atom stereocenters. The summed E-state index contributed by atoms with van der Waals surface area (Å²) in [4.78, 5) is 22.6. The first-order valence-electron chi connectivity index (χ1n) is 9.17. The van der Waals surface area contributed by atoms with E-state index in [2.05, 4.69) is 39.2 Å². The van der Waals surface area contributed by atoms with Gasteiger partial charge in [-0.15, -0.1) is 24.0 Å². The molecule has 2 rings (SSSR count).